The Morgan fingerprint density at radius 2 is 1.75 bits per heavy atom. The number of anilines is 1. The quantitative estimate of drug-likeness (QED) is 0.251. The molecule has 8 nitrogen and oxygen atoms in total. The van der Waals surface area contributed by atoms with Crippen LogP contribution in [0.4, 0.5) is 10.1 Å². The van der Waals surface area contributed by atoms with Crippen molar-refractivity contribution < 1.29 is 31.9 Å². The molecule has 1 saturated carbocycles. The number of benzene rings is 3. The van der Waals surface area contributed by atoms with E-state index in [1.165, 1.54) is 35.6 Å². The van der Waals surface area contributed by atoms with E-state index in [4.69, 9.17) is 9.15 Å². The average molecular weight is 567 g/mol. The number of carbonyl (C=O) groups excluding carboxylic acids is 1. The van der Waals surface area contributed by atoms with Crippen LogP contribution >= 0.6 is 0 Å². The normalized spacial score (nSPS) is 14.2. The second kappa shape index (κ2) is 10.9. The minimum Gasteiger partial charge on any atom is -0.457 e. The number of hydrogen-bond acceptors (Lipinski definition) is 6. The van der Waals surface area contributed by atoms with Gasteiger partial charge in [0.25, 0.3) is 5.91 Å². The van der Waals surface area contributed by atoms with E-state index in [2.05, 4.69) is 5.32 Å². The number of halogens is 1. The molecule has 1 atom stereocenters. The van der Waals surface area contributed by atoms with Gasteiger partial charge in [-0.1, -0.05) is 6.92 Å². The molecule has 1 aliphatic rings. The van der Waals surface area contributed by atoms with Gasteiger partial charge in [-0.3, -0.25) is 9.10 Å². The third-order valence-electron chi connectivity index (χ3n) is 6.99. The molecule has 1 heterocycles. The molecule has 4 aromatic rings. The van der Waals surface area contributed by atoms with Gasteiger partial charge in [0, 0.05) is 24.1 Å². The molecule has 40 heavy (non-hydrogen) atoms. The highest BCUT2D eigenvalue weighted by molar-refractivity contribution is 7.92. The van der Waals surface area contributed by atoms with E-state index in [0.717, 1.165) is 24.7 Å². The Balaban J connectivity index is 1.60. The third kappa shape index (κ3) is 5.68. The van der Waals surface area contributed by atoms with Crippen LogP contribution in [-0.2, 0) is 10.0 Å². The fraction of sp³-hybridized carbons (Fsp3) is 0.300. The van der Waals surface area contributed by atoms with Crippen molar-refractivity contribution in [3.8, 4) is 22.8 Å². The van der Waals surface area contributed by atoms with Crippen molar-refractivity contribution in [1.82, 2.24) is 5.32 Å². The van der Waals surface area contributed by atoms with Crippen LogP contribution in [0.25, 0.3) is 22.3 Å². The molecule has 210 valence electrons. The largest absolute Gasteiger partial charge is 0.457 e. The second-order valence-corrected chi connectivity index (χ2v) is 11.9. The molecule has 5 rings (SSSR count). The summed E-state index contributed by atoms with van der Waals surface area (Å²) in [7, 11) is -2.17. The highest BCUT2D eigenvalue weighted by atomic mass is 32.2. The fourth-order valence-corrected chi connectivity index (χ4v) is 5.64. The van der Waals surface area contributed by atoms with E-state index in [-0.39, 0.29) is 24.2 Å². The zero-order valence-corrected chi connectivity index (χ0v) is 23.3. The Labute approximate surface area is 232 Å². The van der Waals surface area contributed by atoms with Gasteiger partial charge in [0.15, 0.2) is 0 Å². The van der Waals surface area contributed by atoms with Crippen molar-refractivity contribution >= 4 is 32.6 Å². The number of rotatable bonds is 10. The van der Waals surface area contributed by atoms with E-state index in [0.29, 0.717) is 51.5 Å². The molecular formula is C30H31FN2O6S. The molecule has 1 aromatic heterocycles. The van der Waals surface area contributed by atoms with Gasteiger partial charge < -0.3 is 19.6 Å². The molecule has 0 saturated heterocycles. The lowest BCUT2D eigenvalue weighted by Gasteiger charge is -2.27. The first-order valence-electron chi connectivity index (χ1n) is 13.1. The smallest absolute Gasteiger partial charge is 0.255 e. The van der Waals surface area contributed by atoms with Crippen molar-refractivity contribution in [3.63, 3.8) is 0 Å². The second-order valence-electron chi connectivity index (χ2n) is 10.0. The third-order valence-corrected chi connectivity index (χ3v) is 8.14. The molecular weight excluding hydrogens is 535 g/mol. The molecule has 3 aromatic carbocycles. The van der Waals surface area contributed by atoms with Crippen LogP contribution in [0.2, 0.25) is 0 Å². The molecule has 0 spiro atoms. The summed E-state index contributed by atoms with van der Waals surface area (Å²) in [5.41, 5.74) is 2.59. The molecule has 1 fully saturated rings. The zero-order valence-electron chi connectivity index (χ0n) is 22.5. The van der Waals surface area contributed by atoms with Crippen LogP contribution in [0.1, 0.15) is 48.0 Å². The van der Waals surface area contributed by atoms with Crippen LogP contribution in [0, 0.1) is 5.82 Å². The summed E-state index contributed by atoms with van der Waals surface area (Å²) in [6.45, 7) is 1.71. The van der Waals surface area contributed by atoms with Gasteiger partial charge in [-0.2, -0.15) is 0 Å². The Morgan fingerprint density at radius 3 is 2.30 bits per heavy atom. The zero-order chi connectivity index (χ0) is 28.6. The van der Waals surface area contributed by atoms with E-state index in [9.17, 15) is 22.7 Å². The van der Waals surface area contributed by atoms with Gasteiger partial charge >= 0.3 is 0 Å². The molecule has 1 unspecified atom stereocenters. The van der Waals surface area contributed by atoms with E-state index in [1.807, 2.05) is 6.07 Å². The van der Waals surface area contributed by atoms with Crippen LogP contribution in [0.15, 0.2) is 65.1 Å². The Morgan fingerprint density at radius 1 is 1.12 bits per heavy atom. The average Bonchev–Trinajstić information content (AvgIpc) is 3.72. The number of nitrogens with zero attached hydrogens (tertiary/aromatic N) is 1. The molecule has 2 N–H and O–H groups in total. The first-order chi connectivity index (χ1) is 19.1. The summed E-state index contributed by atoms with van der Waals surface area (Å²) < 4.78 is 52.1. The Kier molecular flexibility index (Phi) is 7.57. The maximum atomic E-state index is 13.2. The van der Waals surface area contributed by atoms with E-state index < -0.39 is 16.1 Å². The van der Waals surface area contributed by atoms with Gasteiger partial charge in [-0.25, -0.2) is 12.8 Å². The summed E-state index contributed by atoms with van der Waals surface area (Å²) in [6.07, 6.45) is 2.50. The summed E-state index contributed by atoms with van der Waals surface area (Å²) in [4.78, 5) is 13.1. The molecule has 1 aliphatic carbocycles. The number of carbonyl (C=O) groups is 1. The number of ether oxygens (including phenoxy) is 1. The highest BCUT2D eigenvalue weighted by Crippen LogP contribution is 2.48. The number of aliphatic hydroxyl groups excluding tert-OH is 1. The molecule has 0 aliphatic heterocycles. The fourth-order valence-electron chi connectivity index (χ4n) is 4.69. The topological polar surface area (TPSA) is 109 Å². The Bertz CT molecular complexity index is 1640. The SMILES string of the molecule is CCC(O)CN(c1cc2oc(-c3ccc(Oc4ccc(F)cc4)cc3)c(C(=O)NC)c2cc1C1CC1)S(C)(=O)=O. The summed E-state index contributed by atoms with van der Waals surface area (Å²) in [5.74, 6) is 0.791. The Hall–Kier alpha value is -3.89. The highest BCUT2D eigenvalue weighted by Gasteiger charge is 2.33. The summed E-state index contributed by atoms with van der Waals surface area (Å²) in [6, 6.07) is 16.1. The minimum atomic E-state index is -3.71. The van der Waals surface area contributed by atoms with Gasteiger partial charge in [-0.15, -0.1) is 0 Å². The van der Waals surface area contributed by atoms with Crippen molar-refractivity contribution in [3.05, 3.63) is 77.6 Å². The van der Waals surface area contributed by atoms with E-state index >= 15 is 0 Å². The number of furan rings is 1. The summed E-state index contributed by atoms with van der Waals surface area (Å²) >= 11 is 0. The van der Waals surface area contributed by atoms with Gasteiger partial charge in [0.1, 0.15) is 28.7 Å². The van der Waals surface area contributed by atoms with Crippen molar-refractivity contribution in [2.75, 3.05) is 24.2 Å². The predicted octanol–water partition coefficient (Wildman–Crippen LogP) is 5.81. The maximum Gasteiger partial charge on any atom is 0.255 e. The van der Waals surface area contributed by atoms with Crippen LogP contribution in [0.5, 0.6) is 11.5 Å². The number of fused-ring (bicyclic) bond motifs is 1. The molecule has 0 radical (unpaired) electrons. The van der Waals surface area contributed by atoms with Crippen molar-refractivity contribution in [2.24, 2.45) is 0 Å². The number of amides is 1. The number of nitrogens with one attached hydrogen (secondary N) is 1. The van der Waals surface area contributed by atoms with Crippen molar-refractivity contribution in [1.29, 1.82) is 0 Å². The van der Waals surface area contributed by atoms with Crippen molar-refractivity contribution in [2.45, 2.75) is 38.2 Å². The lowest BCUT2D eigenvalue weighted by atomic mass is 10.00. The number of aliphatic hydroxyl groups is 1. The predicted molar refractivity (Wildman–Crippen MR) is 152 cm³/mol. The van der Waals surface area contributed by atoms with Gasteiger partial charge in [0.05, 0.1) is 30.2 Å². The lowest BCUT2D eigenvalue weighted by molar-refractivity contribution is 0.0964. The first-order valence-corrected chi connectivity index (χ1v) is 15.0. The number of hydrogen-bond donors (Lipinski definition) is 2. The number of sulfonamides is 1. The standard InChI is InChI=1S/C30H31FN2O6S/c1-4-21(34)17-33(40(3,36)37)26-16-27-25(15-24(26)18-5-6-18)28(30(35)32-2)29(39-27)19-7-11-22(12-8-19)38-23-13-9-20(31)10-14-23/h7-16,18,21,34H,4-6,17H2,1-3H3,(H,32,35). The molecule has 10 heteroatoms. The maximum absolute atomic E-state index is 13.2. The van der Waals surface area contributed by atoms with Crippen LogP contribution in [-0.4, -0.2) is 45.4 Å². The first kappa shape index (κ1) is 27.7. The minimum absolute atomic E-state index is 0.0774. The van der Waals surface area contributed by atoms with E-state index in [1.54, 1.807) is 37.3 Å². The van der Waals surface area contributed by atoms with Crippen LogP contribution < -0.4 is 14.4 Å². The molecule has 0 bridgehead atoms. The van der Waals surface area contributed by atoms with Gasteiger partial charge in [0.2, 0.25) is 10.0 Å². The monoisotopic (exact) mass is 566 g/mol. The molecule has 1 amide bonds. The lowest BCUT2D eigenvalue weighted by Crippen LogP contribution is -2.37. The van der Waals surface area contributed by atoms with Crippen LogP contribution in [0.3, 0.4) is 0 Å². The van der Waals surface area contributed by atoms with Gasteiger partial charge in [-0.05, 0) is 85.3 Å². The summed E-state index contributed by atoms with van der Waals surface area (Å²) in [5, 5.41) is 13.6.